The van der Waals surface area contributed by atoms with Gasteiger partial charge in [-0.2, -0.15) is 5.48 Å². The van der Waals surface area contributed by atoms with Crippen LogP contribution in [0.5, 0.6) is 0 Å². The van der Waals surface area contributed by atoms with Crippen molar-refractivity contribution in [3.8, 4) is 0 Å². The highest BCUT2D eigenvalue weighted by atomic mass is 32.1. The number of ether oxygens (including phenoxy) is 8. The first-order valence-corrected chi connectivity index (χ1v) is 27.4. The summed E-state index contributed by atoms with van der Waals surface area (Å²) in [6, 6.07) is -1.25. The van der Waals surface area contributed by atoms with Crippen molar-refractivity contribution in [2.45, 2.75) is 192 Å². The number of esters is 1. The van der Waals surface area contributed by atoms with Crippen molar-refractivity contribution < 1.29 is 82.6 Å². The number of carbonyl (C=O) groups excluding carboxylic acids is 3. The number of hydrogen-bond acceptors (Lipinski definition) is 21. The van der Waals surface area contributed by atoms with Crippen LogP contribution in [0.4, 0.5) is 9.59 Å². The van der Waals surface area contributed by atoms with E-state index in [-0.39, 0.29) is 77.4 Å². The fourth-order valence-electron chi connectivity index (χ4n) is 10.8. The van der Waals surface area contributed by atoms with E-state index in [4.69, 9.17) is 42.7 Å². The molecule has 0 aromatic carbocycles. The molecule has 0 radical (unpaired) electrons. The summed E-state index contributed by atoms with van der Waals surface area (Å²) in [4.78, 5) is 56.3. The Balaban J connectivity index is 1.74. The van der Waals surface area contributed by atoms with Crippen LogP contribution in [0, 0.1) is 23.7 Å². The second kappa shape index (κ2) is 29.2. The van der Waals surface area contributed by atoms with Crippen LogP contribution in [-0.2, 0) is 54.1 Å². The van der Waals surface area contributed by atoms with Crippen LogP contribution in [-0.4, -0.2) is 214 Å². The molecule has 0 bridgehead atoms. The number of carbonyl (C=O) groups is 3. The Morgan fingerprint density at radius 3 is 2.12 bits per heavy atom. The Kier molecular flexibility index (Phi) is 25.0. The summed E-state index contributed by atoms with van der Waals surface area (Å²) >= 11 is 1.36. The number of rotatable bonds is 21. The van der Waals surface area contributed by atoms with Crippen molar-refractivity contribution in [2.24, 2.45) is 23.7 Å². The fraction of sp³-hybridized carbons (Fsp3) is 0.811. The highest BCUT2D eigenvalue weighted by Gasteiger charge is 2.54. The summed E-state index contributed by atoms with van der Waals surface area (Å²) in [7, 11) is 5.17. The van der Waals surface area contributed by atoms with Gasteiger partial charge in [0.15, 0.2) is 12.6 Å². The molecule has 22 nitrogen and oxygen atoms in total. The maximum absolute atomic E-state index is 14.6. The van der Waals surface area contributed by atoms with E-state index in [9.17, 15) is 39.9 Å². The van der Waals surface area contributed by atoms with E-state index in [0.29, 0.717) is 11.4 Å². The van der Waals surface area contributed by atoms with Gasteiger partial charge in [0.25, 0.3) is 0 Å². The molecular weight excluding hydrogens is 1010 g/mol. The predicted molar refractivity (Wildman–Crippen MR) is 281 cm³/mol. The predicted octanol–water partition coefficient (Wildman–Crippen LogP) is 4.01. The van der Waals surface area contributed by atoms with Crippen LogP contribution >= 0.6 is 11.3 Å². The highest BCUT2D eigenvalue weighted by Crippen LogP contribution is 2.41. The quantitative estimate of drug-likeness (QED) is 0.0334. The summed E-state index contributed by atoms with van der Waals surface area (Å²) < 4.78 is 48.8. The summed E-state index contributed by atoms with van der Waals surface area (Å²) in [5.74, 6) is -4.31. The van der Waals surface area contributed by atoms with E-state index in [0.717, 1.165) is 0 Å². The summed E-state index contributed by atoms with van der Waals surface area (Å²) in [5, 5.41) is 63.0. The molecule has 6 N–H and O–H groups in total. The number of aliphatic hydroxyl groups excluding tert-OH is 3. The fourth-order valence-corrected chi connectivity index (χ4v) is 11.5. The zero-order chi connectivity index (χ0) is 56.9. The molecule has 3 fully saturated rings. The standard InChI is InChI=1S/C53H91N5O17S/c1-16-23-68-49(63)57(20-21-58(50(64)69-24-17-2)30-39-54-19-26-76-39)22-25-70-55-41-31(4)28-51(10,65)46(75-48-42(59)37(56(13)14)27-32(5)71-48)34(7)43(74-40-29-52(11,67-15)45(61)36(9)72-40)35(8)47(62)73-38(18-3)53(12,66)44(60)33(41)6/h16-17,19,26,31-38,40-46,48,55,59-61,65-66H,1-2,18,20-25,27-30H2,3-15H3/t31-,32-,33+,34+,35-,36+,37?,38-,40+,41+,42+,43+,44+,45-,46+,48+,51?,52-,53-/m1/s1. The van der Waals surface area contributed by atoms with E-state index >= 15 is 0 Å². The molecule has 3 aliphatic rings. The number of amides is 2. The third-order valence-corrected chi connectivity index (χ3v) is 16.2. The number of hydroxylamine groups is 1. The SMILES string of the molecule is C=CCOC(=O)N(CCON[C@@H]1[C@H](C)[C@H](O)[C@](C)(O)[C@@H](CC)OC(=O)[C@H](C)[C@@H](O[C@H]2C[C@@](C)(OC)[C@H](O)[C@H](C)O2)[C@H](C)[C@H](O[C@@H]2O[C@H](C)CC(N(C)C)[C@@H]2O)C(C)(O)C[C@H]1C)CCN(Cc1nccs1)C(=O)OCC=C. The number of cyclic esters (lactones) is 1. The number of methoxy groups -OCH3 is 1. The van der Waals surface area contributed by atoms with Crippen LogP contribution in [0.25, 0.3) is 0 Å². The summed E-state index contributed by atoms with van der Waals surface area (Å²) in [6.45, 7) is 24.0. The van der Waals surface area contributed by atoms with Crippen molar-refractivity contribution in [3.63, 3.8) is 0 Å². The molecular formula is C53H91N5O17S. The topological polar surface area (TPSA) is 270 Å². The normalized spacial score (nSPS) is 37.9. The molecule has 19 atom stereocenters. The smallest absolute Gasteiger partial charge is 0.410 e. The first-order chi connectivity index (χ1) is 35.7. The lowest BCUT2D eigenvalue weighted by atomic mass is 9.72. The van der Waals surface area contributed by atoms with Gasteiger partial charge in [0.2, 0.25) is 0 Å². The van der Waals surface area contributed by atoms with Crippen LogP contribution in [0.1, 0.15) is 99.9 Å². The molecule has 0 saturated carbocycles. The molecule has 4 rings (SSSR count). The van der Waals surface area contributed by atoms with Gasteiger partial charge in [-0.1, -0.05) is 53.0 Å². The van der Waals surface area contributed by atoms with E-state index in [1.807, 2.05) is 32.8 Å². The van der Waals surface area contributed by atoms with E-state index in [1.54, 1.807) is 60.0 Å². The van der Waals surface area contributed by atoms with E-state index in [2.05, 4.69) is 23.6 Å². The van der Waals surface area contributed by atoms with Crippen LogP contribution in [0.3, 0.4) is 0 Å². The first-order valence-electron chi connectivity index (χ1n) is 26.5. The van der Waals surface area contributed by atoms with Crippen LogP contribution < -0.4 is 5.48 Å². The van der Waals surface area contributed by atoms with E-state index < -0.39 is 120 Å². The second-order valence-electron chi connectivity index (χ2n) is 21.8. The highest BCUT2D eigenvalue weighted by molar-refractivity contribution is 7.09. The van der Waals surface area contributed by atoms with E-state index in [1.165, 1.54) is 47.3 Å². The second-order valence-corrected chi connectivity index (χ2v) is 22.8. The molecule has 2 amide bonds. The number of likely N-dealkylation sites (N-methyl/N-ethyl adjacent to an activating group) is 1. The van der Waals surface area contributed by atoms with Gasteiger partial charge in [-0.15, -0.1) is 11.3 Å². The van der Waals surface area contributed by atoms with Gasteiger partial charge in [-0.05, 0) is 80.8 Å². The Labute approximate surface area is 453 Å². The van der Waals surface area contributed by atoms with Gasteiger partial charge in [-0.3, -0.25) is 14.5 Å². The lowest BCUT2D eigenvalue weighted by Gasteiger charge is -2.49. The minimum Gasteiger partial charge on any atom is -0.459 e. The van der Waals surface area contributed by atoms with Crippen molar-refractivity contribution in [2.75, 3.05) is 60.7 Å². The van der Waals surface area contributed by atoms with Gasteiger partial charge in [0, 0.05) is 68.7 Å². The summed E-state index contributed by atoms with van der Waals surface area (Å²) in [6.07, 6.45) is -7.05. The van der Waals surface area contributed by atoms with Gasteiger partial charge >= 0.3 is 18.2 Å². The van der Waals surface area contributed by atoms with Gasteiger partial charge in [-0.25, -0.2) is 14.6 Å². The Bertz CT molecular complexity index is 1970. The Morgan fingerprint density at radius 2 is 1.54 bits per heavy atom. The Hall–Kier alpha value is -3.40. The van der Waals surface area contributed by atoms with Gasteiger partial charge < -0.3 is 73.2 Å². The largest absolute Gasteiger partial charge is 0.459 e. The zero-order valence-corrected chi connectivity index (χ0v) is 47.9. The van der Waals surface area contributed by atoms with Crippen molar-refractivity contribution in [3.05, 3.63) is 41.9 Å². The first kappa shape index (κ1) is 65.1. The number of nitrogens with zero attached hydrogens (tertiary/aromatic N) is 4. The number of thiazole rings is 1. The molecule has 3 aliphatic heterocycles. The van der Waals surface area contributed by atoms with Gasteiger partial charge in [0.1, 0.15) is 42.1 Å². The molecule has 3 saturated heterocycles. The average Bonchev–Trinajstić information content (AvgIpc) is 3.89. The molecule has 2 unspecified atom stereocenters. The molecule has 1 aromatic rings. The molecule has 1 aromatic heterocycles. The third kappa shape index (κ3) is 16.8. The van der Waals surface area contributed by atoms with Crippen molar-refractivity contribution in [1.29, 1.82) is 0 Å². The molecule has 4 heterocycles. The molecule has 0 aliphatic carbocycles. The number of aliphatic hydroxyl groups is 5. The molecule has 76 heavy (non-hydrogen) atoms. The minimum atomic E-state index is -2.04. The monoisotopic (exact) mass is 1100 g/mol. The number of aromatic nitrogens is 1. The van der Waals surface area contributed by atoms with Crippen LogP contribution in [0.15, 0.2) is 36.9 Å². The number of nitrogens with one attached hydrogen (secondary N) is 1. The average molecular weight is 1100 g/mol. The third-order valence-electron chi connectivity index (χ3n) is 15.4. The molecule has 23 heteroatoms. The van der Waals surface area contributed by atoms with Crippen molar-refractivity contribution in [1.82, 2.24) is 25.2 Å². The molecule has 436 valence electrons. The maximum atomic E-state index is 14.6. The van der Waals surface area contributed by atoms with Gasteiger partial charge in [0.05, 0.1) is 60.8 Å². The summed E-state index contributed by atoms with van der Waals surface area (Å²) in [5.41, 5.74) is -1.91. The maximum Gasteiger partial charge on any atom is 0.410 e. The molecule has 0 spiro atoms. The lowest BCUT2D eigenvalue weighted by molar-refractivity contribution is -0.318. The Morgan fingerprint density at radius 1 is 0.908 bits per heavy atom. The number of hydrogen-bond donors (Lipinski definition) is 6. The van der Waals surface area contributed by atoms with Crippen LogP contribution in [0.2, 0.25) is 0 Å². The zero-order valence-electron chi connectivity index (χ0n) is 47.1. The minimum absolute atomic E-state index is 0.00162. The van der Waals surface area contributed by atoms with Crippen molar-refractivity contribution >= 4 is 29.5 Å². The lowest BCUT2D eigenvalue weighted by Crippen LogP contribution is -2.62.